The minimum atomic E-state index is -4.85. The first-order valence-electron chi connectivity index (χ1n) is 8.24. The average molecular weight is 396 g/mol. The lowest BCUT2D eigenvalue weighted by molar-refractivity contribution is -0.274. The first-order chi connectivity index (χ1) is 12.1. The van der Waals surface area contributed by atoms with Gasteiger partial charge in [-0.15, -0.1) is 0 Å². The molecule has 27 heavy (non-hydrogen) atoms. The largest absolute Gasteiger partial charge is 0.505 e. The van der Waals surface area contributed by atoms with E-state index in [2.05, 4.69) is 0 Å². The molecular weight excluding hydrogens is 375 g/mol. The Hall–Kier alpha value is -1.90. The lowest BCUT2D eigenvalue weighted by atomic mass is 9.77. The molecule has 0 saturated carbocycles. The second-order valence-corrected chi connectivity index (χ2v) is 7.79. The Balaban J connectivity index is 2.59. The van der Waals surface area contributed by atoms with Crippen molar-refractivity contribution in [2.45, 2.75) is 64.0 Å². The van der Waals surface area contributed by atoms with Gasteiger partial charge < -0.3 is 14.6 Å². The van der Waals surface area contributed by atoms with Crippen molar-refractivity contribution in [3.63, 3.8) is 0 Å². The summed E-state index contributed by atoms with van der Waals surface area (Å²) in [5.74, 6) is -8.02. The second kappa shape index (κ2) is 6.61. The maximum Gasteiger partial charge on any atom is 0.417 e. The summed E-state index contributed by atoms with van der Waals surface area (Å²) < 4.78 is 78.2. The van der Waals surface area contributed by atoms with Crippen LogP contribution in [0.25, 0.3) is 0 Å². The Kier molecular flexibility index (Phi) is 5.24. The molecule has 0 bridgehead atoms. The predicted octanol–water partition coefficient (Wildman–Crippen LogP) is 4.45. The number of rotatable bonds is 2. The number of phenolic OH excluding ortho intramolecular Hbond substituents is 1. The molecule has 0 aliphatic carbocycles. The van der Waals surface area contributed by atoms with Crippen molar-refractivity contribution in [1.29, 1.82) is 0 Å². The molecule has 1 heterocycles. The van der Waals surface area contributed by atoms with E-state index >= 15 is 0 Å². The molecule has 0 aromatic heterocycles. The van der Waals surface area contributed by atoms with E-state index in [1.807, 2.05) is 0 Å². The van der Waals surface area contributed by atoms with E-state index in [0.717, 1.165) is 13.0 Å². The van der Waals surface area contributed by atoms with Crippen molar-refractivity contribution in [3.05, 3.63) is 29.3 Å². The number of phenols is 1. The van der Waals surface area contributed by atoms with Crippen molar-refractivity contribution >= 4 is 5.97 Å². The standard InChI is InChI=1S/C18H21F5O4/c1-8-11(9-6-7-10(19)12(20)13(9)24)14(15(25)27-16(2,3)4)26-17(8,5)18(21,22)23/h6-8,11,14,24H,1-5H3/t8?,11?,14-,17?/m1/s1. The summed E-state index contributed by atoms with van der Waals surface area (Å²) in [6, 6.07) is 1.62. The molecule has 0 spiro atoms. The predicted molar refractivity (Wildman–Crippen MR) is 85.1 cm³/mol. The van der Waals surface area contributed by atoms with Crippen molar-refractivity contribution in [2.24, 2.45) is 5.92 Å². The van der Waals surface area contributed by atoms with Crippen LogP contribution in [0.2, 0.25) is 0 Å². The third-order valence-corrected chi connectivity index (χ3v) is 4.77. The molecule has 9 heteroatoms. The molecule has 4 nitrogen and oxygen atoms in total. The molecule has 1 aliphatic rings. The van der Waals surface area contributed by atoms with Crippen LogP contribution in [0, 0.1) is 17.6 Å². The van der Waals surface area contributed by atoms with Crippen LogP contribution >= 0.6 is 0 Å². The quantitative estimate of drug-likeness (QED) is 0.593. The van der Waals surface area contributed by atoms with Gasteiger partial charge in [0.1, 0.15) is 5.60 Å². The summed E-state index contributed by atoms with van der Waals surface area (Å²) in [6.45, 7) is 6.51. The van der Waals surface area contributed by atoms with Gasteiger partial charge in [0.15, 0.2) is 23.3 Å². The Morgan fingerprint density at radius 3 is 2.26 bits per heavy atom. The van der Waals surface area contributed by atoms with Gasteiger partial charge in [-0.1, -0.05) is 13.0 Å². The molecule has 2 rings (SSSR count). The lowest BCUT2D eigenvalue weighted by Gasteiger charge is -2.31. The summed E-state index contributed by atoms with van der Waals surface area (Å²) in [5.41, 5.74) is -4.12. The second-order valence-electron chi connectivity index (χ2n) is 7.79. The molecule has 0 radical (unpaired) electrons. The number of carbonyl (C=O) groups excluding carboxylic acids is 1. The fourth-order valence-corrected chi connectivity index (χ4v) is 3.19. The molecule has 152 valence electrons. The Labute approximate surface area is 153 Å². The molecule has 1 aromatic carbocycles. The SMILES string of the molecule is CC1C(c2ccc(F)c(F)c2O)[C@H](C(=O)OC(C)(C)C)OC1(C)C(F)(F)F. The van der Waals surface area contributed by atoms with Crippen LogP contribution in [-0.4, -0.2) is 34.6 Å². The zero-order chi connectivity index (χ0) is 20.9. The van der Waals surface area contributed by atoms with Gasteiger partial charge in [-0.25, -0.2) is 9.18 Å². The number of ether oxygens (including phenoxy) is 2. The molecule has 1 saturated heterocycles. The zero-order valence-corrected chi connectivity index (χ0v) is 15.4. The molecule has 3 unspecified atom stereocenters. The third-order valence-electron chi connectivity index (χ3n) is 4.77. The van der Waals surface area contributed by atoms with Crippen molar-refractivity contribution in [1.82, 2.24) is 0 Å². The van der Waals surface area contributed by atoms with Crippen LogP contribution in [0.3, 0.4) is 0 Å². The number of hydrogen-bond acceptors (Lipinski definition) is 4. The van der Waals surface area contributed by atoms with E-state index in [1.165, 1.54) is 27.7 Å². The number of esters is 1. The van der Waals surface area contributed by atoms with E-state index < -0.39 is 58.7 Å². The van der Waals surface area contributed by atoms with Gasteiger partial charge >= 0.3 is 12.1 Å². The van der Waals surface area contributed by atoms with Crippen molar-refractivity contribution in [3.8, 4) is 5.75 Å². The average Bonchev–Trinajstić information content (AvgIpc) is 2.77. The molecule has 0 amide bonds. The minimum Gasteiger partial charge on any atom is -0.505 e. The Bertz CT molecular complexity index is 740. The number of aromatic hydroxyl groups is 1. The van der Waals surface area contributed by atoms with Gasteiger partial charge in [0, 0.05) is 17.4 Å². The van der Waals surface area contributed by atoms with Gasteiger partial charge in [0.05, 0.1) is 0 Å². The van der Waals surface area contributed by atoms with E-state index in [1.54, 1.807) is 0 Å². The van der Waals surface area contributed by atoms with Crippen molar-refractivity contribution in [2.75, 3.05) is 0 Å². The summed E-state index contributed by atoms with van der Waals surface area (Å²) in [7, 11) is 0. The van der Waals surface area contributed by atoms with Gasteiger partial charge in [-0.2, -0.15) is 17.6 Å². The van der Waals surface area contributed by atoms with Crippen LogP contribution in [0.5, 0.6) is 5.75 Å². The number of carbonyl (C=O) groups is 1. The first kappa shape index (κ1) is 21.4. The zero-order valence-electron chi connectivity index (χ0n) is 15.4. The normalized spacial score (nSPS) is 29.0. The van der Waals surface area contributed by atoms with Crippen molar-refractivity contribution < 1.29 is 41.3 Å². The maximum atomic E-state index is 13.8. The molecule has 1 fully saturated rings. The van der Waals surface area contributed by atoms with E-state index in [9.17, 15) is 31.9 Å². The van der Waals surface area contributed by atoms with Crippen LogP contribution < -0.4 is 0 Å². The Morgan fingerprint density at radius 2 is 1.78 bits per heavy atom. The maximum absolute atomic E-state index is 13.8. The molecule has 1 aromatic rings. The van der Waals surface area contributed by atoms with Crippen LogP contribution in [0.1, 0.15) is 46.1 Å². The molecule has 1 aliphatic heterocycles. The Morgan fingerprint density at radius 1 is 1.22 bits per heavy atom. The number of benzene rings is 1. The van der Waals surface area contributed by atoms with Gasteiger partial charge in [0.2, 0.25) is 5.82 Å². The highest BCUT2D eigenvalue weighted by Gasteiger charge is 2.66. The third kappa shape index (κ3) is 3.74. The van der Waals surface area contributed by atoms with Gasteiger partial charge in [-0.05, 0) is 33.8 Å². The fourth-order valence-electron chi connectivity index (χ4n) is 3.19. The molecule has 4 atom stereocenters. The molecular formula is C18H21F5O4. The summed E-state index contributed by atoms with van der Waals surface area (Å²) >= 11 is 0. The van der Waals surface area contributed by atoms with E-state index in [0.29, 0.717) is 6.07 Å². The lowest BCUT2D eigenvalue weighted by Crippen LogP contribution is -2.47. The highest BCUT2D eigenvalue weighted by molar-refractivity contribution is 5.77. The summed E-state index contributed by atoms with van der Waals surface area (Å²) in [6.07, 6.45) is -6.61. The van der Waals surface area contributed by atoms with Crippen LogP contribution in [-0.2, 0) is 14.3 Å². The summed E-state index contributed by atoms with van der Waals surface area (Å²) in [4.78, 5) is 12.5. The van der Waals surface area contributed by atoms with Crippen LogP contribution in [0.4, 0.5) is 22.0 Å². The minimum absolute atomic E-state index is 0.356. The van der Waals surface area contributed by atoms with Crippen LogP contribution in [0.15, 0.2) is 12.1 Å². The number of alkyl halides is 3. The highest BCUT2D eigenvalue weighted by Crippen LogP contribution is 2.55. The topological polar surface area (TPSA) is 55.8 Å². The number of hydrogen-bond donors (Lipinski definition) is 1. The highest BCUT2D eigenvalue weighted by atomic mass is 19.4. The number of halogens is 5. The van der Waals surface area contributed by atoms with E-state index in [-0.39, 0.29) is 5.56 Å². The van der Waals surface area contributed by atoms with Gasteiger partial charge in [0.25, 0.3) is 0 Å². The van der Waals surface area contributed by atoms with Gasteiger partial charge in [-0.3, -0.25) is 0 Å². The summed E-state index contributed by atoms with van der Waals surface area (Å²) in [5, 5.41) is 9.96. The fraction of sp³-hybridized carbons (Fsp3) is 0.611. The smallest absolute Gasteiger partial charge is 0.417 e. The monoisotopic (exact) mass is 396 g/mol. The van der Waals surface area contributed by atoms with E-state index in [4.69, 9.17) is 9.47 Å². The first-order valence-corrected chi connectivity index (χ1v) is 8.24. The molecule has 1 N–H and O–H groups in total.